The number of aromatic nitrogens is 3. The van der Waals surface area contributed by atoms with Gasteiger partial charge in [0.15, 0.2) is 0 Å². The van der Waals surface area contributed by atoms with Crippen LogP contribution < -0.4 is 21.9 Å². The highest BCUT2D eigenvalue weighted by Gasteiger charge is 2.46. The van der Waals surface area contributed by atoms with Gasteiger partial charge in [-0.25, -0.2) is 9.97 Å². The molecular weight excluding hydrogens is 344 g/mol. The molecule has 0 aromatic carbocycles. The van der Waals surface area contributed by atoms with Crippen molar-refractivity contribution in [2.45, 2.75) is 39.3 Å². The number of anilines is 3. The van der Waals surface area contributed by atoms with E-state index in [1.807, 2.05) is 13.0 Å². The second-order valence-electron chi connectivity index (χ2n) is 7.44. The van der Waals surface area contributed by atoms with Crippen molar-refractivity contribution in [1.29, 1.82) is 0 Å². The zero-order chi connectivity index (χ0) is 19.3. The Balaban J connectivity index is 1.86. The van der Waals surface area contributed by atoms with Crippen LogP contribution in [0.3, 0.4) is 0 Å². The molecule has 1 spiro atoms. The maximum Gasteiger partial charge on any atom is 0.277 e. The molecule has 0 radical (unpaired) electrons. The average Bonchev–Trinajstić information content (AvgIpc) is 3.14. The molecule has 2 aromatic heterocycles. The molecule has 2 aromatic rings. The SMILES string of the molecule is Cc1cc(Nc2cc(N)ncn2)c(=O)n2c1C(=O)NC21C=C(C(C)C)CC1. The van der Waals surface area contributed by atoms with Crippen molar-refractivity contribution in [2.75, 3.05) is 11.1 Å². The van der Waals surface area contributed by atoms with Gasteiger partial charge in [-0.2, -0.15) is 0 Å². The maximum absolute atomic E-state index is 13.3. The van der Waals surface area contributed by atoms with E-state index in [0.29, 0.717) is 35.4 Å². The molecule has 1 amide bonds. The van der Waals surface area contributed by atoms with Crippen molar-refractivity contribution in [3.8, 4) is 0 Å². The number of allylic oxidation sites excluding steroid dienone is 1. The van der Waals surface area contributed by atoms with Gasteiger partial charge in [-0.1, -0.05) is 19.4 Å². The number of hydrogen-bond donors (Lipinski definition) is 3. The van der Waals surface area contributed by atoms with E-state index in [2.05, 4.69) is 34.4 Å². The van der Waals surface area contributed by atoms with Crippen LogP contribution in [0.15, 0.2) is 34.9 Å². The number of nitrogens with zero attached hydrogens (tertiary/aromatic N) is 3. The van der Waals surface area contributed by atoms with Crippen LogP contribution in [0.2, 0.25) is 0 Å². The van der Waals surface area contributed by atoms with E-state index in [0.717, 1.165) is 12.0 Å². The number of rotatable bonds is 3. The van der Waals surface area contributed by atoms with Crippen LogP contribution in [0.4, 0.5) is 17.3 Å². The molecule has 140 valence electrons. The molecule has 3 heterocycles. The lowest BCUT2D eigenvalue weighted by atomic mass is 10.0. The minimum absolute atomic E-state index is 0.219. The van der Waals surface area contributed by atoms with E-state index in [1.165, 1.54) is 11.9 Å². The third kappa shape index (κ3) is 2.68. The number of amides is 1. The van der Waals surface area contributed by atoms with Crippen molar-refractivity contribution in [3.63, 3.8) is 0 Å². The van der Waals surface area contributed by atoms with E-state index in [-0.39, 0.29) is 11.5 Å². The minimum Gasteiger partial charge on any atom is -0.384 e. The first-order valence-electron chi connectivity index (χ1n) is 8.96. The van der Waals surface area contributed by atoms with Crippen LogP contribution in [0.5, 0.6) is 0 Å². The summed E-state index contributed by atoms with van der Waals surface area (Å²) in [5.41, 5.74) is 7.35. The third-order valence-corrected chi connectivity index (χ3v) is 5.25. The zero-order valence-corrected chi connectivity index (χ0v) is 15.5. The highest BCUT2D eigenvalue weighted by Crippen LogP contribution is 2.39. The standard InChI is InChI=1S/C19H22N6O2/c1-10(2)12-4-5-19(8-12)24-17(26)16-11(3)6-13(18(27)25(16)19)23-15-7-14(20)21-9-22-15/h6-10H,4-5H2,1-3H3,(H,24,26)(H3,20,21,22,23). The van der Waals surface area contributed by atoms with Crippen LogP contribution in [-0.2, 0) is 5.66 Å². The lowest BCUT2D eigenvalue weighted by Crippen LogP contribution is -2.44. The third-order valence-electron chi connectivity index (χ3n) is 5.25. The first-order chi connectivity index (χ1) is 12.8. The van der Waals surface area contributed by atoms with Crippen molar-refractivity contribution in [3.05, 3.63) is 51.7 Å². The molecule has 1 aliphatic carbocycles. The first-order valence-corrected chi connectivity index (χ1v) is 8.96. The number of nitrogen functional groups attached to an aromatic ring is 1. The number of carbonyl (C=O) groups excluding carboxylic acids is 1. The predicted molar refractivity (Wildman–Crippen MR) is 103 cm³/mol. The first kappa shape index (κ1) is 17.3. The number of pyridine rings is 1. The lowest BCUT2D eigenvalue weighted by Gasteiger charge is -2.25. The van der Waals surface area contributed by atoms with Gasteiger partial charge >= 0.3 is 0 Å². The van der Waals surface area contributed by atoms with Gasteiger partial charge in [0.1, 0.15) is 35.0 Å². The monoisotopic (exact) mass is 366 g/mol. The summed E-state index contributed by atoms with van der Waals surface area (Å²) < 4.78 is 1.59. The van der Waals surface area contributed by atoms with Gasteiger partial charge in [-0.05, 0) is 43.4 Å². The Morgan fingerprint density at radius 1 is 1.30 bits per heavy atom. The molecule has 1 aliphatic heterocycles. The highest BCUT2D eigenvalue weighted by molar-refractivity contribution is 5.97. The van der Waals surface area contributed by atoms with E-state index < -0.39 is 5.66 Å². The van der Waals surface area contributed by atoms with Crippen LogP contribution in [0, 0.1) is 12.8 Å². The van der Waals surface area contributed by atoms with Gasteiger partial charge in [-0.3, -0.25) is 14.2 Å². The Kier molecular flexibility index (Phi) is 3.80. The zero-order valence-electron chi connectivity index (χ0n) is 15.5. The van der Waals surface area contributed by atoms with Crippen LogP contribution in [0.25, 0.3) is 0 Å². The molecule has 27 heavy (non-hydrogen) atoms. The minimum atomic E-state index is -0.795. The van der Waals surface area contributed by atoms with Crippen molar-refractivity contribution < 1.29 is 4.79 Å². The molecule has 1 unspecified atom stereocenters. The Labute approximate surface area is 156 Å². The summed E-state index contributed by atoms with van der Waals surface area (Å²) in [6, 6.07) is 3.23. The number of nitrogens with two attached hydrogens (primary N) is 1. The van der Waals surface area contributed by atoms with E-state index in [9.17, 15) is 9.59 Å². The number of nitrogens with one attached hydrogen (secondary N) is 2. The number of aryl methyl sites for hydroxylation is 1. The normalized spacial score (nSPS) is 20.7. The molecule has 4 rings (SSSR count). The molecule has 0 saturated heterocycles. The fraction of sp³-hybridized carbons (Fsp3) is 0.368. The molecule has 0 bridgehead atoms. The summed E-state index contributed by atoms with van der Waals surface area (Å²) in [6.45, 7) is 6.06. The molecule has 8 nitrogen and oxygen atoms in total. The van der Waals surface area contributed by atoms with Crippen LogP contribution in [0.1, 0.15) is 42.7 Å². The number of carbonyl (C=O) groups is 1. The summed E-state index contributed by atoms with van der Waals surface area (Å²) in [5, 5.41) is 6.05. The second-order valence-corrected chi connectivity index (χ2v) is 7.44. The largest absolute Gasteiger partial charge is 0.384 e. The lowest BCUT2D eigenvalue weighted by molar-refractivity contribution is 0.0937. The van der Waals surface area contributed by atoms with Gasteiger partial charge in [0, 0.05) is 6.07 Å². The maximum atomic E-state index is 13.3. The van der Waals surface area contributed by atoms with Crippen LogP contribution in [-0.4, -0.2) is 20.4 Å². The Morgan fingerprint density at radius 3 is 2.74 bits per heavy atom. The van der Waals surface area contributed by atoms with Crippen LogP contribution >= 0.6 is 0 Å². The summed E-state index contributed by atoms with van der Waals surface area (Å²) in [5.74, 6) is 0.880. The fourth-order valence-corrected chi connectivity index (χ4v) is 3.90. The average molecular weight is 366 g/mol. The van der Waals surface area contributed by atoms with E-state index in [1.54, 1.807) is 16.7 Å². The smallest absolute Gasteiger partial charge is 0.277 e. The molecule has 4 N–H and O–H groups in total. The van der Waals surface area contributed by atoms with Gasteiger partial charge in [0.25, 0.3) is 11.5 Å². The summed E-state index contributed by atoms with van der Waals surface area (Å²) in [6.07, 6.45) is 4.89. The van der Waals surface area contributed by atoms with Gasteiger partial charge in [-0.15, -0.1) is 0 Å². The Morgan fingerprint density at radius 2 is 2.07 bits per heavy atom. The Bertz CT molecular complexity index is 1040. The summed E-state index contributed by atoms with van der Waals surface area (Å²) in [4.78, 5) is 33.9. The fourth-order valence-electron chi connectivity index (χ4n) is 3.90. The molecule has 1 atom stereocenters. The summed E-state index contributed by atoms with van der Waals surface area (Å²) in [7, 11) is 0. The molecular formula is C19H22N6O2. The van der Waals surface area contributed by atoms with Gasteiger partial charge < -0.3 is 16.4 Å². The van der Waals surface area contributed by atoms with E-state index in [4.69, 9.17) is 5.73 Å². The predicted octanol–water partition coefficient (Wildman–Crippen LogP) is 2.04. The number of fused-ring (bicyclic) bond motifs is 2. The van der Waals surface area contributed by atoms with Crippen molar-refractivity contribution >= 4 is 23.2 Å². The van der Waals surface area contributed by atoms with Crippen molar-refractivity contribution in [1.82, 2.24) is 19.9 Å². The Hall–Kier alpha value is -3.16. The molecule has 8 heteroatoms. The van der Waals surface area contributed by atoms with Gasteiger partial charge in [0.2, 0.25) is 0 Å². The topological polar surface area (TPSA) is 115 Å². The van der Waals surface area contributed by atoms with Gasteiger partial charge in [0.05, 0.1) is 0 Å². The molecule has 0 saturated carbocycles. The second kappa shape index (κ2) is 5.94. The molecule has 0 fully saturated rings. The molecule has 2 aliphatic rings. The highest BCUT2D eigenvalue weighted by atomic mass is 16.2. The quantitative estimate of drug-likeness (QED) is 0.716. The van der Waals surface area contributed by atoms with E-state index >= 15 is 0 Å². The van der Waals surface area contributed by atoms with Crippen molar-refractivity contribution in [2.24, 2.45) is 5.92 Å². The number of hydrogen-bond acceptors (Lipinski definition) is 6. The summed E-state index contributed by atoms with van der Waals surface area (Å²) >= 11 is 0.